The maximum atomic E-state index is 13.6. The number of fused-ring (bicyclic) bond motifs is 1. The van der Waals surface area contributed by atoms with Crippen LogP contribution in [0.25, 0.3) is 6.08 Å². The van der Waals surface area contributed by atoms with Crippen molar-refractivity contribution in [3.63, 3.8) is 0 Å². The van der Waals surface area contributed by atoms with Crippen LogP contribution in [0.1, 0.15) is 18.1 Å². The van der Waals surface area contributed by atoms with E-state index in [1.807, 2.05) is 6.92 Å². The second kappa shape index (κ2) is 7.20. The van der Waals surface area contributed by atoms with Gasteiger partial charge in [0.1, 0.15) is 11.9 Å². The monoisotopic (exact) mass is 451 g/mol. The highest BCUT2D eigenvalue weighted by molar-refractivity contribution is 7.89. The van der Waals surface area contributed by atoms with Gasteiger partial charge in [0, 0.05) is 6.42 Å². The lowest BCUT2D eigenvalue weighted by Crippen LogP contribution is -2.25. The Hall–Kier alpha value is -3.18. The Balaban J connectivity index is 1.72. The number of sulfonamides is 1. The smallest absolute Gasteiger partial charge is 0.435 e. The summed E-state index contributed by atoms with van der Waals surface area (Å²) in [5, 5.41) is 9.07. The first-order chi connectivity index (χ1) is 14.4. The predicted molar refractivity (Wildman–Crippen MR) is 107 cm³/mol. The third-order valence-electron chi connectivity index (χ3n) is 4.79. The van der Waals surface area contributed by atoms with E-state index in [1.165, 1.54) is 0 Å². The highest BCUT2D eigenvalue weighted by Crippen LogP contribution is 2.34. The van der Waals surface area contributed by atoms with Crippen LogP contribution in [0.3, 0.4) is 0 Å². The summed E-state index contributed by atoms with van der Waals surface area (Å²) in [6.07, 6.45) is -3.15. The summed E-state index contributed by atoms with van der Waals surface area (Å²) in [6, 6.07) is 9.39. The molecule has 0 aliphatic carbocycles. The molecule has 0 saturated heterocycles. The SMILES string of the molecule is C[C@@H]1Cc2cc(/C=C3\C(=O)N(c4ccc(S(N)(=O)=O)cc4)N=C3C(F)(F)F)ccc2O1. The van der Waals surface area contributed by atoms with Crippen molar-refractivity contribution in [1.29, 1.82) is 0 Å². The van der Waals surface area contributed by atoms with Crippen LogP contribution in [-0.4, -0.2) is 32.3 Å². The molecule has 0 saturated carbocycles. The number of benzene rings is 2. The van der Waals surface area contributed by atoms with E-state index in [4.69, 9.17) is 9.88 Å². The summed E-state index contributed by atoms with van der Waals surface area (Å²) in [7, 11) is -3.99. The van der Waals surface area contributed by atoms with Crippen molar-refractivity contribution >= 4 is 33.4 Å². The number of carbonyl (C=O) groups is 1. The summed E-state index contributed by atoms with van der Waals surface area (Å²) in [5.41, 5.74) is -0.733. The molecule has 11 heteroatoms. The largest absolute Gasteiger partial charge is 0.490 e. The Labute approximate surface area is 175 Å². The number of ether oxygens (including phenoxy) is 1. The Morgan fingerprint density at radius 2 is 1.87 bits per heavy atom. The Kier molecular flexibility index (Phi) is 4.90. The Morgan fingerprint density at radius 1 is 1.19 bits per heavy atom. The summed E-state index contributed by atoms with van der Waals surface area (Å²) in [4.78, 5) is 12.6. The third-order valence-corrected chi connectivity index (χ3v) is 5.72. The predicted octanol–water partition coefficient (Wildman–Crippen LogP) is 3.01. The summed E-state index contributed by atoms with van der Waals surface area (Å²) < 4.78 is 69.1. The second-order valence-electron chi connectivity index (χ2n) is 7.16. The second-order valence-corrected chi connectivity index (χ2v) is 8.72. The van der Waals surface area contributed by atoms with Gasteiger partial charge in [-0.3, -0.25) is 4.79 Å². The van der Waals surface area contributed by atoms with E-state index in [0.717, 1.165) is 35.9 Å². The van der Waals surface area contributed by atoms with Crippen LogP contribution in [-0.2, 0) is 21.2 Å². The van der Waals surface area contributed by atoms with Gasteiger partial charge < -0.3 is 4.74 Å². The lowest BCUT2D eigenvalue weighted by Gasteiger charge is -2.12. The minimum Gasteiger partial charge on any atom is -0.490 e. The Morgan fingerprint density at radius 3 is 2.48 bits per heavy atom. The van der Waals surface area contributed by atoms with E-state index in [9.17, 15) is 26.4 Å². The molecule has 0 aromatic heterocycles. The van der Waals surface area contributed by atoms with Crippen molar-refractivity contribution in [2.45, 2.75) is 30.5 Å². The summed E-state index contributed by atoms with van der Waals surface area (Å²) in [5.74, 6) is -0.325. The molecule has 31 heavy (non-hydrogen) atoms. The van der Waals surface area contributed by atoms with Crippen LogP contribution in [0.4, 0.5) is 18.9 Å². The zero-order valence-electron chi connectivity index (χ0n) is 16.1. The molecule has 162 valence electrons. The molecule has 1 atom stereocenters. The lowest BCUT2D eigenvalue weighted by molar-refractivity contribution is -0.114. The number of carbonyl (C=O) groups excluding carboxylic acids is 1. The molecule has 0 bridgehead atoms. The maximum Gasteiger partial charge on any atom is 0.435 e. The molecular formula is C20H16F3N3O4S. The number of nitrogens with two attached hydrogens (primary N) is 1. The van der Waals surface area contributed by atoms with Crippen LogP contribution in [0.2, 0.25) is 0 Å². The molecule has 7 nitrogen and oxygen atoms in total. The average molecular weight is 451 g/mol. The molecule has 0 spiro atoms. The van der Waals surface area contributed by atoms with Gasteiger partial charge >= 0.3 is 6.18 Å². The zero-order valence-corrected chi connectivity index (χ0v) is 16.9. The minimum absolute atomic E-state index is 0.0290. The van der Waals surface area contributed by atoms with Crippen molar-refractivity contribution in [2.24, 2.45) is 10.2 Å². The first kappa shape index (κ1) is 21.1. The van der Waals surface area contributed by atoms with Crippen LogP contribution in [0.5, 0.6) is 5.75 Å². The van der Waals surface area contributed by atoms with Gasteiger partial charge in [0.25, 0.3) is 5.91 Å². The molecule has 2 N–H and O–H groups in total. The molecular weight excluding hydrogens is 435 g/mol. The van der Waals surface area contributed by atoms with Gasteiger partial charge in [-0.15, -0.1) is 0 Å². The van der Waals surface area contributed by atoms with Crippen LogP contribution in [0, 0.1) is 0 Å². The highest BCUT2D eigenvalue weighted by Gasteiger charge is 2.46. The number of rotatable bonds is 3. The van der Waals surface area contributed by atoms with E-state index in [2.05, 4.69) is 5.10 Å². The van der Waals surface area contributed by atoms with Gasteiger partial charge in [0.05, 0.1) is 16.2 Å². The Bertz CT molecular complexity index is 1240. The van der Waals surface area contributed by atoms with E-state index >= 15 is 0 Å². The molecule has 1 amide bonds. The van der Waals surface area contributed by atoms with Crippen molar-refractivity contribution < 1.29 is 31.1 Å². The van der Waals surface area contributed by atoms with E-state index in [0.29, 0.717) is 22.7 Å². The summed E-state index contributed by atoms with van der Waals surface area (Å²) in [6.45, 7) is 1.88. The first-order valence-corrected chi connectivity index (χ1v) is 10.6. The first-order valence-electron chi connectivity index (χ1n) is 9.08. The molecule has 2 aromatic rings. The van der Waals surface area contributed by atoms with Crippen molar-refractivity contribution in [3.8, 4) is 5.75 Å². The van der Waals surface area contributed by atoms with Gasteiger partial charge in [-0.25, -0.2) is 13.6 Å². The zero-order chi connectivity index (χ0) is 22.6. The number of primary sulfonamides is 1. The molecule has 0 unspecified atom stereocenters. The van der Waals surface area contributed by atoms with Crippen LogP contribution >= 0.6 is 0 Å². The van der Waals surface area contributed by atoms with Crippen molar-refractivity contribution in [1.82, 2.24) is 0 Å². The van der Waals surface area contributed by atoms with E-state index < -0.39 is 33.4 Å². The molecule has 4 rings (SSSR count). The topological polar surface area (TPSA) is 102 Å². The number of anilines is 1. The quantitative estimate of drug-likeness (QED) is 0.725. The molecule has 0 fully saturated rings. The van der Waals surface area contributed by atoms with E-state index in [-0.39, 0.29) is 16.7 Å². The highest BCUT2D eigenvalue weighted by atomic mass is 32.2. The molecule has 0 radical (unpaired) electrons. The number of alkyl halides is 3. The van der Waals surface area contributed by atoms with Crippen LogP contribution < -0.4 is 14.9 Å². The number of amides is 1. The van der Waals surface area contributed by atoms with Crippen molar-refractivity contribution in [3.05, 3.63) is 59.2 Å². The third kappa shape index (κ3) is 4.06. The maximum absolute atomic E-state index is 13.6. The number of hydrogen-bond acceptors (Lipinski definition) is 5. The number of halogens is 3. The van der Waals surface area contributed by atoms with E-state index in [1.54, 1.807) is 18.2 Å². The molecule has 2 aromatic carbocycles. The van der Waals surface area contributed by atoms with Gasteiger partial charge in [0.15, 0.2) is 5.71 Å². The van der Waals surface area contributed by atoms with Gasteiger partial charge in [-0.2, -0.15) is 23.3 Å². The average Bonchev–Trinajstić information content (AvgIpc) is 3.20. The fraction of sp³-hybridized carbons (Fsp3) is 0.200. The fourth-order valence-electron chi connectivity index (χ4n) is 3.40. The number of hydrogen-bond donors (Lipinski definition) is 1. The van der Waals surface area contributed by atoms with Crippen LogP contribution in [0.15, 0.2) is 58.0 Å². The molecule has 2 heterocycles. The van der Waals surface area contributed by atoms with Gasteiger partial charge in [0.2, 0.25) is 10.0 Å². The van der Waals surface area contributed by atoms with Gasteiger partial charge in [-0.1, -0.05) is 6.07 Å². The van der Waals surface area contributed by atoms with Crippen molar-refractivity contribution in [2.75, 3.05) is 5.01 Å². The van der Waals surface area contributed by atoms with Gasteiger partial charge in [-0.05, 0) is 60.5 Å². The minimum atomic E-state index is -4.87. The fourth-order valence-corrected chi connectivity index (χ4v) is 3.92. The number of hydrazone groups is 1. The normalized spacial score (nSPS) is 20.1. The molecule has 2 aliphatic rings. The standard InChI is InChI=1S/C20H16F3N3O4S/c1-11-8-13-9-12(2-7-17(13)30-11)10-16-18(20(21,22)23)25-26(19(16)27)14-3-5-15(6-4-14)31(24,28)29/h2-7,9-11H,8H2,1H3,(H2,24,28,29)/b16-10-/t11-/m1/s1. The lowest BCUT2D eigenvalue weighted by atomic mass is 10.0. The number of nitrogens with zero attached hydrogens (tertiary/aromatic N) is 2. The summed E-state index contributed by atoms with van der Waals surface area (Å²) >= 11 is 0. The molecule has 2 aliphatic heterocycles.